The van der Waals surface area contributed by atoms with Crippen molar-refractivity contribution in [3.63, 3.8) is 0 Å². The van der Waals surface area contributed by atoms with Crippen molar-refractivity contribution < 1.29 is 14.3 Å². The van der Waals surface area contributed by atoms with Crippen LogP contribution < -0.4 is 5.32 Å². The lowest BCUT2D eigenvalue weighted by atomic mass is 9.76. The summed E-state index contributed by atoms with van der Waals surface area (Å²) in [5.74, 6) is 1.05. The molecule has 182 valence electrons. The maximum Gasteiger partial charge on any atom is 0.337 e. The fraction of sp³-hybridized carbons (Fsp3) is 0.500. The SMILES string of the molecule is CC[C@H](c1ccc(C(=O)OC)cc1)N1C(=O)C(c2cccc(Cl)c2)NC12CCC(C(C)C)CC2. The van der Waals surface area contributed by atoms with Crippen molar-refractivity contribution in [3.05, 3.63) is 70.2 Å². The summed E-state index contributed by atoms with van der Waals surface area (Å²) >= 11 is 6.29. The molecule has 1 unspecified atom stereocenters. The minimum absolute atomic E-state index is 0.0912. The molecule has 1 N–H and O–H groups in total. The van der Waals surface area contributed by atoms with Gasteiger partial charge in [0.25, 0.3) is 0 Å². The molecule has 1 aliphatic heterocycles. The summed E-state index contributed by atoms with van der Waals surface area (Å²) in [6.45, 7) is 6.70. The van der Waals surface area contributed by atoms with Gasteiger partial charge >= 0.3 is 5.97 Å². The molecule has 4 rings (SSSR count). The molecular weight excluding hydrogens is 448 g/mol. The highest BCUT2D eigenvalue weighted by Crippen LogP contribution is 2.48. The predicted octanol–water partition coefficient (Wildman–Crippen LogP) is 6.29. The van der Waals surface area contributed by atoms with Gasteiger partial charge in [0.15, 0.2) is 0 Å². The monoisotopic (exact) mass is 482 g/mol. The van der Waals surface area contributed by atoms with E-state index in [2.05, 4.69) is 31.0 Å². The van der Waals surface area contributed by atoms with Crippen LogP contribution in [0.5, 0.6) is 0 Å². The summed E-state index contributed by atoms with van der Waals surface area (Å²) in [5, 5.41) is 4.41. The highest BCUT2D eigenvalue weighted by Gasteiger charge is 2.54. The number of benzene rings is 2. The number of hydrogen-bond acceptors (Lipinski definition) is 4. The van der Waals surface area contributed by atoms with E-state index in [-0.39, 0.29) is 17.9 Å². The molecule has 2 fully saturated rings. The van der Waals surface area contributed by atoms with E-state index in [1.54, 1.807) is 12.1 Å². The minimum atomic E-state index is -0.419. The lowest BCUT2D eigenvalue weighted by molar-refractivity contribution is -0.137. The van der Waals surface area contributed by atoms with Crippen LogP contribution >= 0.6 is 11.6 Å². The molecule has 1 spiro atoms. The van der Waals surface area contributed by atoms with Crippen LogP contribution in [-0.2, 0) is 9.53 Å². The van der Waals surface area contributed by atoms with Crippen molar-refractivity contribution in [2.24, 2.45) is 11.8 Å². The van der Waals surface area contributed by atoms with E-state index >= 15 is 0 Å². The number of nitrogens with zero attached hydrogens (tertiary/aromatic N) is 1. The molecular formula is C28H35ClN2O3. The van der Waals surface area contributed by atoms with Crippen LogP contribution in [0.1, 0.15) is 86.4 Å². The van der Waals surface area contributed by atoms with Gasteiger partial charge in [-0.25, -0.2) is 4.79 Å². The van der Waals surface area contributed by atoms with E-state index in [1.165, 1.54) is 7.11 Å². The Labute approximate surface area is 207 Å². The van der Waals surface area contributed by atoms with Crippen LogP contribution in [0.2, 0.25) is 5.02 Å². The van der Waals surface area contributed by atoms with Gasteiger partial charge in [-0.05, 0) is 79.3 Å². The number of hydrogen-bond donors (Lipinski definition) is 1. The second kappa shape index (κ2) is 10.1. The smallest absolute Gasteiger partial charge is 0.337 e. The number of esters is 1. The third kappa shape index (κ3) is 4.60. The molecule has 2 atom stereocenters. The van der Waals surface area contributed by atoms with Crippen LogP contribution in [0.3, 0.4) is 0 Å². The summed E-state index contributed by atoms with van der Waals surface area (Å²) in [5.41, 5.74) is 2.05. The molecule has 34 heavy (non-hydrogen) atoms. The zero-order valence-electron chi connectivity index (χ0n) is 20.5. The molecule has 2 aliphatic rings. The first-order valence-electron chi connectivity index (χ1n) is 12.3. The normalized spacial score (nSPS) is 25.7. The summed E-state index contributed by atoms with van der Waals surface area (Å²) in [4.78, 5) is 28.1. The first kappa shape index (κ1) is 24.7. The molecule has 1 saturated heterocycles. The van der Waals surface area contributed by atoms with E-state index in [9.17, 15) is 9.59 Å². The van der Waals surface area contributed by atoms with Crippen LogP contribution in [0, 0.1) is 11.8 Å². The number of halogens is 1. The topological polar surface area (TPSA) is 58.6 Å². The van der Waals surface area contributed by atoms with Crippen LogP contribution in [0.4, 0.5) is 0 Å². The predicted molar refractivity (Wildman–Crippen MR) is 135 cm³/mol. The van der Waals surface area contributed by atoms with Crippen LogP contribution in [-0.4, -0.2) is 29.5 Å². The Bertz CT molecular complexity index is 1030. The molecule has 2 aromatic carbocycles. The zero-order valence-corrected chi connectivity index (χ0v) is 21.3. The van der Waals surface area contributed by atoms with Gasteiger partial charge in [-0.15, -0.1) is 0 Å². The maximum absolute atomic E-state index is 14.0. The molecule has 1 saturated carbocycles. The second-order valence-electron chi connectivity index (χ2n) is 9.99. The summed E-state index contributed by atoms with van der Waals surface area (Å²) in [7, 11) is 1.38. The molecule has 1 aliphatic carbocycles. The number of methoxy groups -OCH3 is 1. The number of rotatable bonds is 6. The quantitative estimate of drug-likeness (QED) is 0.491. The Kier molecular flexibility index (Phi) is 7.34. The van der Waals surface area contributed by atoms with Gasteiger partial charge in [0, 0.05) is 5.02 Å². The average molecular weight is 483 g/mol. The van der Waals surface area contributed by atoms with Gasteiger partial charge in [0.1, 0.15) is 6.04 Å². The van der Waals surface area contributed by atoms with Crippen molar-refractivity contribution in [2.75, 3.05) is 7.11 Å². The van der Waals surface area contributed by atoms with Crippen molar-refractivity contribution in [2.45, 2.75) is 70.6 Å². The van der Waals surface area contributed by atoms with Crippen molar-refractivity contribution in [1.29, 1.82) is 0 Å². The zero-order chi connectivity index (χ0) is 24.5. The Morgan fingerprint density at radius 2 is 1.85 bits per heavy atom. The van der Waals surface area contributed by atoms with E-state index in [4.69, 9.17) is 16.3 Å². The third-order valence-corrected chi connectivity index (χ3v) is 7.99. The average Bonchev–Trinajstić information content (AvgIpc) is 3.11. The molecule has 5 nitrogen and oxygen atoms in total. The molecule has 1 amide bonds. The summed E-state index contributed by atoms with van der Waals surface area (Å²) < 4.78 is 4.85. The van der Waals surface area contributed by atoms with Gasteiger partial charge in [0.2, 0.25) is 5.91 Å². The molecule has 0 bridgehead atoms. The Morgan fingerprint density at radius 3 is 2.41 bits per heavy atom. The minimum Gasteiger partial charge on any atom is -0.465 e. The lowest BCUT2D eigenvalue weighted by Gasteiger charge is -2.47. The van der Waals surface area contributed by atoms with Crippen molar-refractivity contribution in [1.82, 2.24) is 10.2 Å². The maximum atomic E-state index is 14.0. The Hall–Kier alpha value is -2.37. The van der Waals surface area contributed by atoms with Gasteiger partial charge in [0.05, 0.1) is 24.4 Å². The van der Waals surface area contributed by atoms with Gasteiger partial charge < -0.3 is 9.64 Å². The fourth-order valence-electron chi connectivity index (χ4n) is 5.81. The highest BCUT2D eigenvalue weighted by molar-refractivity contribution is 6.30. The molecule has 6 heteroatoms. The number of amides is 1. The largest absolute Gasteiger partial charge is 0.465 e. The molecule has 0 aromatic heterocycles. The fourth-order valence-corrected chi connectivity index (χ4v) is 6.01. The van der Waals surface area contributed by atoms with Crippen molar-refractivity contribution in [3.8, 4) is 0 Å². The molecule has 0 radical (unpaired) electrons. The van der Waals surface area contributed by atoms with E-state index in [1.807, 2.05) is 36.4 Å². The number of nitrogens with one attached hydrogen (secondary N) is 1. The standard InChI is InChI=1S/C28H35ClN2O3/c1-5-24(20-9-11-21(12-10-20)27(33)34-4)31-26(32)25(22-7-6-8-23(29)17-22)30-28(31)15-13-19(14-16-28)18(2)3/h6-12,17-19,24-25,30H,5,13-16H2,1-4H3/t19?,24-,25?,28?/m1/s1. The van der Waals surface area contributed by atoms with Crippen LogP contribution in [0.15, 0.2) is 48.5 Å². The van der Waals surface area contributed by atoms with Crippen LogP contribution in [0.25, 0.3) is 0 Å². The first-order valence-corrected chi connectivity index (χ1v) is 12.7. The number of ether oxygens (including phenoxy) is 1. The first-order chi connectivity index (χ1) is 16.3. The Morgan fingerprint density at radius 1 is 1.18 bits per heavy atom. The van der Waals surface area contributed by atoms with E-state index in [0.717, 1.165) is 43.2 Å². The molecule has 1 heterocycles. The Balaban J connectivity index is 1.71. The molecule has 2 aromatic rings. The van der Waals surface area contributed by atoms with Gasteiger partial charge in [-0.2, -0.15) is 0 Å². The summed E-state index contributed by atoms with van der Waals surface area (Å²) in [6.07, 6.45) is 4.82. The van der Waals surface area contributed by atoms with Gasteiger partial charge in [-0.1, -0.05) is 56.6 Å². The van der Waals surface area contributed by atoms with Gasteiger partial charge in [-0.3, -0.25) is 10.1 Å². The highest BCUT2D eigenvalue weighted by atomic mass is 35.5. The summed E-state index contributed by atoms with van der Waals surface area (Å²) in [6, 6.07) is 14.6. The number of carbonyl (C=O) groups excluding carboxylic acids is 2. The van der Waals surface area contributed by atoms with Crippen molar-refractivity contribution >= 4 is 23.5 Å². The number of carbonyl (C=O) groups is 2. The third-order valence-electron chi connectivity index (χ3n) is 7.76. The van der Waals surface area contributed by atoms with E-state index < -0.39 is 11.7 Å². The van der Waals surface area contributed by atoms with E-state index in [0.29, 0.717) is 22.4 Å². The lowest BCUT2D eigenvalue weighted by Crippen LogP contribution is -2.55. The second-order valence-corrected chi connectivity index (χ2v) is 10.4.